The highest BCUT2D eigenvalue weighted by Gasteiger charge is 2.15. The summed E-state index contributed by atoms with van der Waals surface area (Å²) >= 11 is 1.68. The summed E-state index contributed by atoms with van der Waals surface area (Å²) in [7, 11) is 1.88. The summed E-state index contributed by atoms with van der Waals surface area (Å²) in [5.74, 6) is 0.211. The van der Waals surface area contributed by atoms with Gasteiger partial charge in [-0.3, -0.25) is 9.69 Å². The molecular formula is C13H21N3OS. The normalized spacial score (nSPS) is 17.4. The number of hydrogen-bond acceptors (Lipinski definition) is 4. The van der Waals surface area contributed by atoms with Crippen LogP contribution in [0.2, 0.25) is 0 Å². The van der Waals surface area contributed by atoms with Crippen molar-refractivity contribution in [1.29, 1.82) is 0 Å². The van der Waals surface area contributed by atoms with Crippen LogP contribution in [0.4, 0.5) is 0 Å². The zero-order chi connectivity index (χ0) is 12.8. The highest BCUT2D eigenvalue weighted by atomic mass is 32.1. The van der Waals surface area contributed by atoms with E-state index in [4.69, 9.17) is 0 Å². The zero-order valence-electron chi connectivity index (χ0n) is 10.9. The standard InChI is InChI=1S/C13H21N3OS/c1-15(9-12-3-8-18-11-12)13(17)10-16-6-2-4-14-5-7-16/h3,8,11,14H,2,4-7,9-10H2,1H3. The minimum absolute atomic E-state index is 0.211. The van der Waals surface area contributed by atoms with Gasteiger partial charge in [0.15, 0.2) is 0 Å². The van der Waals surface area contributed by atoms with Crippen molar-refractivity contribution >= 4 is 17.2 Å². The van der Waals surface area contributed by atoms with Gasteiger partial charge in [-0.05, 0) is 41.9 Å². The van der Waals surface area contributed by atoms with E-state index in [1.54, 1.807) is 11.3 Å². The van der Waals surface area contributed by atoms with Crippen LogP contribution in [0.25, 0.3) is 0 Å². The predicted molar refractivity (Wildman–Crippen MR) is 74.7 cm³/mol. The molecule has 2 heterocycles. The Balaban J connectivity index is 1.79. The number of nitrogens with one attached hydrogen (secondary N) is 1. The zero-order valence-corrected chi connectivity index (χ0v) is 11.7. The maximum atomic E-state index is 12.1. The number of amides is 1. The fourth-order valence-corrected chi connectivity index (χ4v) is 2.78. The summed E-state index contributed by atoms with van der Waals surface area (Å²) in [5.41, 5.74) is 1.22. The molecule has 1 N–H and O–H groups in total. The molecule has 100 valence electrons. The number of rotatable bonds is 4. The molecule has 1 fully saturated rings. The first-order valence-electron chi connectivity index (χ1n) is 6.44. The molecule has 1 aromatic heterocycles. The van der Waals surface area contributed by atoms with E-state index >= 15 is 0 Å². The molecule has 0 aliphatic carbocycles. The third-order valence-electron chi connectivity index (χ3n) is 3.22. The van der Waals surface area contributed by atoms with Crippen LogP contribution in [-0.2, 0) is 11.3 Å². The van der Waals surface area contributed by atoms with E-state index in [9.17, 15) is 4.79 Å². The van der Waals surface area contributed by atoms with Gasteiger partial charge in [0.1, 0.15) is 0 Å². The van der Waals surface area contributed by atoms with Crippen LogP contribution in [-0.4, -0.2) is 55.5 Å². The highest BCUT2D eigenvalue weighted by molar-refractivity contribution is 7.07. The molecule has 0 radical (unpaired) electrons. The molecule has 0 bridgehead atoms. The van der Waals surface area contributed by atoms with Crippen molar-refractivity contribution in [3.8, 4) is 0 Å². The quantitative estimate of drug-likeness (QED) is 0.884. The summed E-state index contributed by atoms with van der Waals surface area (Å²) in [4.78, 5) is 16.2. The molecule has 1 aliphatic rings. The molecule has 18 heavy (non-hydrogen) atoms. The first-order valence-corrected chi connectivity index (χ1v) is 7.38. The third-order valence-corrected chi connectivity index (χ3v) is 3.95. The Morgan fingerprint density at radius 2 is 2.39 bits per heavy atom. The van der Waals surface area contributed by atoms with Gasteiger partial charge in [0.05, 0.1) is 6.54 Å². The van der Waals surface area contributed by atoms with Gasteiger partial charge in [0, 0.05) is 26.7 Å². The van der Waals surface area contributed by atoms with Crippen LogP contribution >= 0.6 is 11.3 Å². The van der Waals surface area contributed by atoms with E-state index in [-0.39, 0.29) is 5.91 Å². The molecule has 2 rings (SSSR count). The molecule has 0 spiro atoms. The third kappa shape index (κ3) is 4.08. The topological polar surface area (TPSA) is 35.6 Å². The van der Waals surface area contributed by atoms with Crippen molar-refractivity contribution in [3.05, 3.63) is 22.4 Å². The van der Waals surface area contributed by atoms with Crippen LogP contribution in [0.3, 0.4) is 0 Å². The van der Waals surface area contributed by atoms with E-state index in [0.717, 1.165) is 32.6 Å². The second kappa shape index (κ2) is 6.87. The number of hydrogen-bond donors (Lipinski definition) is 1. The van der Waals surface area contributed by atoms with Crippen molar-refractivity contribution in [2.45, 2.75) is 13.0 Å². The fraction of sp³-hybridized carbons (Fsp3) is 0.615. The van der Waals surface area contributed by atoms with Gasteiger partial charge in [-0.1, -0.05) is 0 Å². The van der Waals surface area contributed by atoms with E-state index < -0.39 is 0 Å². The van der Waals surface area contributed by atoms with Crippen molar-refractivity contribution < 1.29 is 4.79 Å². The van der Waals surface area contributed by atoms with E-state index in [1.807, 2.05) is 17.3 Å². The molecular weight excluding hydrogens is 246 g/mol. The summed E-state index contributed by atoms with van der Waals surface area (Å²) in [6.45, 7) is 5.30. The second-order valence-electron chi connectivity index (χ2n) is 4.76. The van der Waals surface area contributed by atoms with Crippen LogP contribution in [0.5, 0.6) is 0 Å². The molecule has 4 nitrogen and oxygen atoms in total. The van der Waals surface area contributed by atoms with Crippen molar-refractivity contribution in [3.63, 3.8) is 0 Å². The number of thiophene rings is 1. The van der Waals surface area contributed by atoms with Crippen LogP contribution in [0.15, 0.2) is 16.8 Å². The lowest BCUT2D eigenvalue weighted by atomic mass is 10.3. The summed E-state index contributed by atoms with van der Waals surface area (Å²) in [6.07, 6.45) is 1.13. The lowest BCUT2D eigenvalue weighted by molar-refractivity contribution is -0.131. The first kappa shape index (κ1) is 13.5. The summed E-state index contributed by atoms with van der Waals surface area (Å²) < 4.78 is 0. The van der Waals surface area contributed by atoms with Crippen molar-refractivity contribution in [2.75, 3.05) is 39.8 Å². The Morgan fingerprint density at radius 3 is 3.17 bits per heavy atom. The minimum atomic E-state index is 0.211. The fourth-order valence-electron chi connectivity index (χ4n) is 2.12. The van der Waals surface area contributed by atoms with Gasteiger partial charge >= 0.3 is 0 Å². The first-order chi connectivity index (χ1) is 8.75. The monoisotopic (exact) mass is 267 g/mol. The lowest BCUT2D eigenvalue weighted by Gasteiger charge is -2.23. The Labute approximate surface area is 113 Å². The largest absolute Gasteiger partial charge is 0.340 e. The summed E-state index contributed by atoms with van der Waals surface area (Å²) in [6, 6.07) is 2.07. The molecule has 0 atom stereocenters. The van der Waals surface area contributed by atoms with Gasteiger partial charge in [0.2, 0.25) is 5.91 Å². The SMILES string of the molecule is CN(Cc1ccsc1)C(=O)CN1CCCNCC1. The molecule has 1 saturated heterocycles. The summed E-state index contributed by atoms with van der Waals surface area (Å²) in [5, 5.41) is 7.50. The van der Waals surface area contributed by atoms with Crippen LogP contribution in [0, 0.1) is 0 Å². The maximum absolute atomic E-state index is 12.1. The minimum Gasteiger partial charge on any atom is -0.340 e. The van der Waals surface area contributed by atoms with Crippen molar-refractivity contribution in [1.82, 2.24) is 15.1 Å². The number of nitrogens with zero attached hydrogens (tertiary/aromatic N) is 2. The smallest absolute Gasteiger partial charge is 0.236 e. The molecule has 1 aliphatic heterocycles. The van der Waals surface area contributed by atoms with Gasteiger partial charge < -0.3 is 10.2 Å². The predicted octanol–water partition coefficient (Wildman–Crippen LogP) is 1.00. The molecule has 5 heteroatoms. The van der Waals surface area contributed by atoms with E-state index in [1.165, 1.54) is 5.56 Å². The molecule has 0 unspecified atom stereocenters. The van der Waals surface area contributed by atoms with E-state index in [2.05, 4.69) is 21.7 Å². The van der Waals surface area contributed by atoms with Gasteiger partial charge in [-0.25, -0.2) is 0 Å². The number of likely N-dealkylation sites (N-methyl/N-ethyl adjacent to an activating group) is 1. The Kier molecular flexibility index (Phi) is 5.16. The van der Waals surface area contributed by atoms with Crippen LogP contribution < -0.4 is 5.32 Å². The average Bonchev–Trinajstić information content (AvgIpc) is 2.72. The molecule has 0 aromatic carbocycles. The lowest BCUT2D eigenvalue weighted by Crippen LogP contribution is -2.39. The number of carbonyl (C=O) groups excluding carboxylic acids is 1. The second-order valence-corrected chi connectivity index (χ2v) is 5.54. The Bertz CT molecular complexity index is 358. The average molecular weight is 267 g/mol. The maximum Gasteiger partial charge on any atom is 0.236 e. The van der Waals surface area contributed by atoms with E-state index in [0.29, 0.717) is 13.1 Å². The van der Waals surface area contributed by atoms with Gasteiger partial charge in [0.25, 0.3) is 0 Å². The molecule has 1 amide bonds. The van der Waals surface area contributed by atoms with Crippen LogP contribution in [0.1, 0.15) is 12.0 Å². The number of carbonyl (C=O) groups is 1. The van der Waals surface area contributed by atoms with Crippen molar-refractivity contribution in [2.24, 2.45) is 0 Å². The molecule has 1 aromatic rings. The van der Waals surface area contributed by atoms with Gasteiger partial charge in [-0.15, -0.1) is 0 Å². The molecule has 0 saturated carbocycles. The Hall–Kier alpha value is -0.910. The Morgan fingerprint density at radius 1 is 1.50 bits per heavy atom. The van der Waals surface area contributed by atoms with Gasteiger partial charge in [-0.2, -0.15) is 11.3 Å². The highest BCUT2D eigenvalue weighted by Crippen LogP contribution is 2.08.